The number of aromatic amines is 1. The van der Waals surface area contributed by atoms with Crippen LogP contribution < -0.4 is 14.8 Å². The lowest BCUT2D eigenvalue weighted by atomic mass is 10.1. The van der Waals surface area contributed by atoms with E-state index in [0.717, 1.165) is 28.9 Å². The molecule has 3 heterocycles. The number of carbonyl (C=O) groups excluding carboxylic acids is 1. The van der Waals surface area contributed by atoms with Crippen molar-refractivity contribution in [3.05, 3.63) is 81.6 Å². The van der Waals surface area contributed by atoms with Crippen LogP contribution in [0.3, 0.4) is 0 Å². The fourth-order valence-electron chi connectivity index (χ4n) is 3.80. The minimum atomic E-state index is -0.0711. The second kappa shape index (κ2) is 9.37. The molecule has 1 aliphatic heterocycles. The summed E-state index contributed by atoms with van der Waals surface area (Å²) in [6.45, 7) is 0.891. The Labute approximate surface area is 206 Å². The number of benzene rings is 2. The Morgan fingerprint density at radius 3 is 2.74 bits per heavy atom. The van der Waals surface area contributed by atoms with Crippen molar-refractivity contribution in [3.8, 4) is 34.3 Å². The van der Waals surface area contributed by atoms with Gasteiger partial charge in [0.1, 0.15) is 6.61 Å². The summed E-state index contributed by atoms with van der Waals surface area (Å²) in [5.74, 6) is 1.57. The molecule has 0 atom stereocenters. The largest absolute Gasteiger partial charge is 0.493 e. The third-order valence-electron chi connectivity index (χ3n) is 5.56. The molecule has 0 radical (unpaired) electrons. The van der Waals surface area contributed by atoms with Gasteiger partial charge in [-0.25, -0.2) is 9.97 Å². The van der Waals surface area contributed by atoms with Crippen molar-refractivity contribution in [1.82, 2.24) is 20.3 Å². The SMILES string of the molecule is COc1cc(-c2nccc(-c3cc4c([nH]3)CCNC4=O)n2)ccc1OCc1ccc(Cl)cc1Cl. The molecule has 7 nitrogen and oxygen atoms in total. The second-order valence-electron chi connectivity index (χ2n) is 7.74. The van der Waals surface area contributed by atoms with Crippen molar-refractivity contribution in [2.24, 2.45) is 0 Å². The molecule has 1 aliphatic rings. The van der Waals surface area contributed by atoms with Crippen LogP contribution in [0.15, 0.2) is 54.7 Å². The van der Waals surface area contributed by atoms with E-state index in [1.165, 1.54) is 0 Å². The molecule has 2 aromatic carbocycles. The minimum absolute atomic E-state index is 0.0711. The van der Waals surface area contributed by atoms with Gasteiger partial charge < -0.3 is 19.8 Å². The molecule has 0 fully saturated rings. The normalized spacial score (nSPS) is 12.7. The van der Waals surface area contributed by atoms with Crippen LogP contribution in [0.1, 0.15) is 21.6 Å². The lowest BCUT2D eigenvalue weighted by Gasteiger charge is -2.13. The van der Waals surface area contributed by atoms with Gasteiger partial charge in [0.15, 0.2) is 17.3 Å². The number of hydrogen-bond donors (Lipinski definition) is 2. The van der Waals surface area contributed by atoms with Gasteiger partial charge in [-0.15, -0.1) is 0 Å². The van der Waals surface area contributed by atoms with Crippen molar-refractivity contribution in [1.29, 1.82) is 0 Å². The smallest absolute Gasteiger partial charge is 0.253 e. The van der Waals surface area contributed by atoms with E-state index in [1.807, 2.05) is 36.4 Å². The maximum absolute atomic E-state index is 12.1. The molecule has 9 heteroatoms. The number of rotatable bonds is 6. The third-order valence-corrected chi connectivity index (χ3v) is 6.14. The van der Waals surface area contributed by atoms with Crippen molar-refractivity contribution in [2.45, 2.75) is 13.0 Å². The Kier molecular flexibility index (Phi) is 6.13. The molecule has 172 valence electrons. The zero-order chi connectivity index (χ0) is 23.7. The Balaban J connectivity index is 1.39. The van der Waals surface area contributed by atoms with Crippen LogP contribution in [0.4, 0.5) is 0 Å². The summed E-state index contributed by atoms with van der Waals surface area (Å²) < 4.78 is 11.5. The van der Waals surface area contributed by atoms with E-state index in [-0.39, 0.29) is 12.5 Å². The molecule has 5 rings (SSSR count). The van der Waals surface area contributed by atoms with Crippen molar-refractivity contribution >= 4 is 29.1 Å². The molecule has 2 aromatic heterocycles. The summed E-state index contributed by atoms with van der Waals surface area (Å²) in [5, 5.41) is 3.96. The summed E-state index contributed by atoms with van der Waals surface area (Å²) in [6, 6.07) is 14.4. The van der Waals surface area contributed by atoms with Crippen LogP contribution in [0, 0.1) is 0 Å². The Morgan fingerprint density at radius 1 is 1.06 bits per heavy atom. The number of nitrogens with zero attached hydrogens (tertiary/aromatic N) is 2. The van der Waals surface area contributed by atoms with E-state index in [4.69, 9.17) is 37.7 Å². The number of amides is 1. The topological polar surface area (TPSA) is 89.1 Å². The van der Waals surface area contributed by atoms with Crippen molar-refractivity contribution in [2.75, 3.05) is 13.7 Å². The number of H-pyrrole nitrogens is 1. The van der Waals surface area contributed by atoms with E-state index in [2.05, 4.69) is 15.3 Å². The molecule has 0 saturated carbocycles. The Morgan fingerprint density at radius 2 is 1.94 bits per heavy atom. The molecule has 1 amide bonds. The van der Waals surface area contributed by atoms with Gasteiger partial charge in [-0.2, -0.15) is 0 Å². The quantitative estimate of drug-likeness (QED) is 0.378. The number of hydrogen-bond acceptors (Lipinski definition) is 5. The molecule has 0 aliphatic carbocycles. The maximum atomic E-state index is 12.1. The highest BCUT2D eigenvalue weighted by atomic mass is 35.5. The van der Waals surface area contributed by atoms with Gasteiger partial charge in [0.05, 0.1) is 24.1 Å². The fraction of sp³-hybridized carbons (Fsp3) is 0.160. The summed E-state index contributed by atoms with van der Waals surface area (Å²) >= 11 is 12.2. The first kappa shape index (κ1) is 22.3. The van der Waals surface area contributed by atoms with Gasteiger partial charge in [-0.05, 0) is 42.5 Å². The average Bonchev–Trinajstić information content (AvgIpc) is 3.29. The first-order chi connectivity index (χ1) is 16.5. The molecule has 0 unspecified atom stereocenters. The zero-order valence-electron chi connectivity index (χ0n) is 18.2. The highest BCUT2D eigenvalue weighted by Gasteiger charge is 2.20. The van der Waals surface area contributed by atoms with Crippen LogP contribution in [0.5, 0.6) is 11.5 Å². The average molecular weight is 495 g/mol. The number of ether oxygens (including phenoxy) is 2. The van der Waals surface area contributed by atoms with Gasteiger partial charge in [0.2, 0.25) is 0 Å². The van der Waals surface area contributed by atoms with Crippen LogP contribution in [0.2, 0.25) is 10.0 Å². The number of methoxy groups -OCH3 is 1. The molecule has 0 saturated heterocycles. The number of fused-ring (bicyclic) bond motifs is 1. The van der Waals surface area contributed by atoms with Crippen LogP contribution >= 0.6 is 23.2 Å². The van der Waals surface area contributed by atoms with Gasteiger partial charge in [-0.3, -0.25) is 4.79 Å². The summed E-state index contributed by atoms with van der Waals surface area (Å²) in [4.78, 5) is 24.5. The number of carbonyl (C=O) groups is 1. The van der Waals surface area contributed by atoms with E-state index in [1.54, 1.807) is 25.4 Å². The van der Waals surface area contributed by atoms with Crippen molar-refractivity contribution < 1.29 is 14.3 Å². The standard InChI is InChI=1S/C25H20Cl2N4O3/c1-33-23-10-14(3-5-22(23)34-13-15-2-4-16(26)11-18(15)27)24-28-8-7-20(31-24)21-12-17-19(30-21)6-9-29-25(17)32/h2-5,7-8,10-12,30H,6,9,13H2,1H3,(H,29,32). The number of halogens is 2. The molecule has 34 heavy (non-hydrogen) atoms. The van der Waals surface area contributed by atoms with E-state index in [9.17, 15) is 4.79 Å². The highest BCUT2D eigenvalue weighted by molar-refractivity contribution is 6.35. The predicted octanol–water partition coefficient (Wildman–Crippen LogP) is 5.32. The summed E-state index contributed by atoms with van der Waals surface area (Å²) in [6.07, 6.45) is 2.45. The molecular formula is C25H20Cl2N4O3. The van der Waals surface area contributed by atoms with Crippen LogP contribution in [-0.2, 0) is 13.0 Å². The highest BCUT2D eigenvalue weighted by Crippen LogP contribution is 2.33. The Bertz CT molecular complexity index is 1390. The summed E-state index contributed by atoms with van der Waals surface area (Å²) in [5.41, 5.74) is 4.63. The van der Waals surface area contributed by atoms with Gasteiger partial charge in [0, 0.05) is 46.0 Å². The lowest BCUT2D eigenvalue weighted by Crippen LogP contribution is -2.31. The van der Waals surface area contributed by atoms with Crippen LogP contribution in [0.25, 0.3) is 22.8 Å². The number of aromatic nitrogens is 3. The van der Waals surface area contributed by atoms with Crippen molar-refractivity contribution in [3.63, 3.8) is 0 Å². The van der Waals surface area contributed by atoms with Crippen LogP contribution in [-0.4, -0.2) is 34.5 Å². The zero-order valence-corrected chi connectivity index (χ0v) is 19.7. The second-order valence-corrected chi connectivity index (χ2v) is 8.58. The lowest BCUT2D eigenvalue weighted by molar-refractivity contribution is 0.0946. The van der Waals surface area contributed by atoms with Gasteiger partial charge in [0.25, 0.3) is 5.91 Å². The minimum Gasteiger partial charge on any atom is -0.493 e. The first-order valence-electron chi connectivity index (χ1n) is 10.6. The molecule has 0 bridgehead atoms. The predicted molar refractivity (Wildman–Crippen MR) is 131 cm³/mol. The monoisotopic (exact) mass is 494 g/mol. The van der Waals surface area contributed by atoms with E-state index >= 15 is 0 Å². The van der Waals surface area contributed by atoms with E-state index < -0.39 is 0 Å². The summed E-state index contributed by atoms with van der Waals surface area (Å²) in [7, 11) is 1.58. The van der Waals surface area contributed by atoms with Gasteiger partial charge >= 0.3 is 0 Å². The number of nitrogens with one attached hydrogen (secondary N) is 2. The fourth-order valence-corrected chi connectivity index (χ4v) is 4.26. The molecule has 0 spiro atoms. The maximum Gasteiger partial charge on any atom is 0.253 e. The molecule has 2 N–H and O–H groups in total. The third kappa shape index (κ3) is 4.44. The first-order valence-corrected chi connectivity index (χ1v) is 11.4. The molecular weight excluding hydrogens is 475 g/mol. The Hall–Kier alpha value is -3.55. The van der Waals surface area contributed by atoms with E-state index in [0.29, 0.717) is 45.2 Å². The van der Waals surface area contributed by atoms with Gasteiger partial charge in [-0.1, -0.05) is 29.3 Å². The molecule has 4 aromatic rings.